The van der Waals surface area contributed by atoms with Gasteiger partial charge < -0.3 is 9.80 Å². The van der Waals surface area contributed by atoms with Gasteiger partial charge in [0.2, 0.25) is 0 Å². The molecule has 0 saturated heterocycles. The first kappa shape index (κ1) is 23.8. The summed E-state index contributed by atoms with van der Waals surface area (Å²) in [5.41, 5.74) is 6.68. The first-order chi connectivity index (χ1) is 19.8. The van der Waals surface area contributed by atoms with Gasteiger partial charge in [-0.25, -0.2) is 0 Å². The number of hydrogen-bond donors (Lipinski definition) is 0. The molecule has 0 aliphatic rings. The molecular formula is C38H28N2. The van der Waals surface area contributed by atoms with Crippen molar-refractivity contribution in [3.63, 3.8) is 0 Å². The van der Waals surface area contributed by atoms with Crippen molar-refractivity contribution >= 4 is 55.7 Å². The summed E-state index contributed by atoms with van der Waals surface area (Å²) in [4.78, 5) is 4.67. The van der Waals surface area contributed by atoms with Gasteiger partial charge in [0.05, 0.1) is 0 Å². The van der Waals surface area contributed by atoms with E-state index in [9.17, 15) is 0 Å². The SMILES string of the molecule is c1ccc(N(c2cccc(N(c3ccccc3)c3ccc4ccccc4c3)c2)c2ccc3ccccc3c2)cc1. The van der Waals surface area contributed by atoms with E-state index in [1.807, 2.05) is 0 Å². The summed E-state index contributed by atoms with van der Waals surface area (Å²) >= 11 is 0. The standard InChI is InChI=1S/C38H28N2/c1-3-16-33(17-4-1)39(37-24-22-29-12-7-9-14-31(29)26-37)35-20-11-21-36(28-35)40(34-18-5-2-6-19-34)38-25-23-30-13-8-10-15-32(30)27-38/h1-28H. The van der Waals surface area contributed by atoms with Crippen LogP contribution < -0.4 is 9.80 Å². The van der Waals surface area contributed by atoms with Crippen molar-refractivity contribution in [3.05, 3.63) is 170 Å². The molecule has 7 aromatic rings. The summed E-state index contributed by atoms with van der Waals surface area (Å²) in [7, 11) is 0. The van der Waals surface area contributed by atoms with Crippen LogP contribution in [0.3, 0.4) is 0 Å². The largest absolute Gasteiger partial charge is 0.310 e. The molecular weight excluding hydrogens is 484 g/mol. The van der Waals surface area contributed by atoms with Crippen LogP contribution in [0.2, 0.25) is 0 Å². The lowest BCUT2D eigenvalue weighted by atomic mass is 10.1. The van der Waals surface area contributed by atoms with Gasteiger partial charge >= 0.3 is 0 Å². The Morgan fingerprint density at radius 2 is 0.575 bits per heavy atom. The van der Waals surface area contributed by atoms with E-state index in [-0.39, 0.29) is 0 Å². The Bertz CT molecular complexity index is 1770. The third-order valence-electron chi connectivity index (χ3n) is 7.36. The minimum absolute atomic E-state index is 1.10. The molecule has 0 saturated carbocycles. The topological polar surface area (TPSA) is 6.48 Å². The first-order valence-electron chi connectivity index (χ1n) is 13.6. The van der Waals surface area contributed by atoms with E-state index >= 15 is 0 Å². The maximum absolute atomic E-state index is 2.33. The summed E-state index contributed by atoms with van der Waals surface area (Å²) in [6, 6.07) is 60.4. The van der Waals surface area contributed by atoms with Crippen LogP contribution in [-0.2, 0) is 0 Å². The van der Waals surface area contributed by atoms with Crippen molar-refractivity contribution in [1.82, 2.24) is 0 Å². The Labute approximate surface area is 235 Å². The molecule has 0 unspecified atom stereocenters. The van der Waals surface area contributed by atoms with Crippen LogP contribution >= 0.6 is 0 Å². The van der Waals surface area contributed by atoms with Gasteiger partial charge in [0.1, 0.15) is 0 Å². The second-order valence-corrected chi connectivity index (χ2v) is 9.92. The number of rotatable bonds is 6. The van der Waals surface area contributed by atoms with Gasteiger partial charge in [-0.15, -0.1) is 0 Å². The molecule has 0 radical (unpaired) electrons. The highest BCUT2D eigenvalue weighted by Crippen LogP contribution is 2.41. The highest BCUT2D eigenvalue weighted by atomic mass is 15.2. The highest BCUT2D eigenvalue weighted by Gasteiger charge is 2.17. The molecule has 40 heavy (non-hydrogen) atoms. The lowest BCUT2D eigenvalue weighted by Crippen LogP contribution is -2.13. The van der Waals surface area contributed by atoms with Gasteiger partial charge in [0.15, 0.2) is 0 Å². The number of para-hydroxylation sites is 2. The molecule has 2 heteroatoms. The van der Waals surface area contributed by atoms with E-state index in [0.717, 1.165) is 34.1 Å². The zero-order chi connectivity index (χ0) is 26.7. The van der Waals surface area contributed by atoms with Crippen molar-refractivity contribution in [2.24, 2.45) is 0 Å². The molecule has 0 atom stereocenters. The van der Waals surface area contributed by atoms with Crippen LogP contribution in [0.1, 0.15) is 0 Å². The Hall–Kier alpha value is -5.34. The zero-order valence-electron chi connectivity index (χ0n) is 22.1. The van der Waals surface area contributed by atoms with Gasteiger partial charge in [-0.3, -0.25) is 0 Å². The smallest absolute Gasteiger partial charge is 0.0482 e. The number of anilines is 6. The lowest BCUT2D eigenvalue weighted by molar-refractivity contribution is 1.25. The first-order valence-corrected chi connectivity index (χ1v) is 13.6. The van der Waals surface area contributed by atoms with E-state index in [1.165, 1.54) is 21.5 Å². The highest BCUT2D eigenvalue weighted by molar-refractivity contribution is 5.92. The number of hydrogen-bond acceptors (Lipinski definition) is 2. The van der Waals surface area contributed by atoms with E-state index in [1.54, 1.807) is 0 Å². The third-order valence-corrected chi connectivity index (χ3v) is 7.36. The Kier molecular flexibility index (Phi) is 6.20. The van der Waals surface area contributed by atoms with Gasteiger partial charge in [-0.2, -0.15) is 0 Å². The quantitative estimate of drug-likeness (QED) is 0.219. The third kappa shape index (κ3) is 4.57. The number of benzene rings is 7. The molecule has 0 N–H and O–H groups in total. The second-order valence-electron chi connectivity index (χ2n) is 9.92. The van der Waals surface area contributed by atoms with E-state index in [2.05, 4.69) is 180 Å². The molecule has 2 nitrogen and oxygen atoms in total. The fraction of sp³-hybridized carbons (Fsp3) is 0. The predicted octanol–water partition coefficient (Wildman–Crippen LogP) is 10.9. The molecule has 0 heterocycles. The van der Waals surface area contributed by atoms with Crippen LogP contribution in [0.4, 0.5) is 34.1 Å². The predicted molar refractivity (Wildman–Crippen MR) is 171 cm³/mol. The van der Waals surface area contributed by atoms with Crippen molar-refractivity contribution in [2.45, 2.75) is 0 Å². The Morgan fingerprint density at radius 3 is 1.02 bits per heavy atom. The summed E-state index contributed by atoms with van der Waals surface area (Å²) in [6.45, 7) is 0. The fourth-order valence-corrected chi connectivity index (χ4v) is 5.45. The Balaban J connectivity index is 1.39. The zero-order valence-corrected chi connectivity index (χ0v) is 22.1. The van der Waals surface area contributed by atoms with Gasteiger partial charge in [0.25, 0.3) is 0 Å². The molecule has 0 amide bonds. The summed E-state index contributed by atoms with van der Waals surface area (Å²) in [6.07, 6.45) is 0. The summed E-state index contributed by atoms with van der Waals surface area (Å²) < 4.78 is 0. The van der Waals surface area contributed by atoms with Gasteiger partial charge in [-0.05, 0) is 88.3 Å². The van der Waals surface area contributed by atoms with Crippen molar-refractivity contribution < 1.29 is 0 Å². The van der Waals surface area contributed by atoms with Crippen LogP contribution in [-0.4, -0.2) is 0 Å². The molecule has 0 fully saturated rings. The van der Waals surface area contributed by atoms with Crippen LogP contribution in [0.25, 0.3) is 21.5 Å². The summed E-state index contributed by atoms with van der Waals surface area (Å²) in [5.74, 6) is 0. The molecule has 0 aliphatic heterocycles. The summed E-state index contributed by atoms with van der Waals surface area (Å²) in [5, 5.41) is 4.91. The molecule has 190 valence electrons. The average Bonchev–Trinajstić information content (AvgIpc) is 3.02. The fourth-order valence-electron chi connectivity index (χ4n) is 5.45. The molecule has 0 spiro atoms. The molecule has 0 aliphatic carbocycles. The minimum Gasteiger partial charge on any atom is -0.310 e. The van der Waals surface area contributed by atoms with Gasteiger partial charge in [0, 0.05) is 34.1 Å². The van der Waals surface area contributed by atoms with Crippen LogP contribution in [0.15, 0.2) is 170 Å². The number of fused-ring (bicyclic) bond motifs is 2. The number of nitrogens with zero attached hydrogens (tertiary/aromatic N) is 2. The van der Waals surface area contributed by atoms with Crippen LogP contribution in [0.5, 0.6) is 0 Å². The maximum Gasteiger partial charge on any atom is 0.0482 e. The van der Waals surface area contributed by atoms with Crippen LogP contribution in [0, 0.1) is 0 Å². The van der Waals surface area contributed by atoms with Crippen molar-refractivity contribution in [3.8, 4) is 0 Å². The van der Waals surface area contributed by atoms with E-state index in [4.69, 9.17) is 0 Å². The molecule has 7 aromatic carbocycles. The second kappa shape index (κ2) is 10.4. The van der Waals surface area contributed by atoms with E-state index < -0.39 is 0 Å². The van der Waals surface area contributed by atoms with Gasteiger partial charge in [-0.1, -0.05) is 103 Å². The van der Waals surface area contributed by atoms with E-state index in [0.29, 0.717) is 0 Å². The molecule has 0 aromatic heterocycles. The Morgan fingerprint density at radius 1 is 0.225 bits per heavy atom. The average molecular weight is 513 g/mol. The lowest BCUT2D eigenvalue weighted by Gasteiger charge is -2.29. The molecule has 0 bridgehead atoms. The monoisotopic (exact) mass is 512 g/mol. The maximum atomic E-state index is 2.33. The van der Waals surface area contributed by atoms with Crippen molar-refractivity contribution in [1.29, 1.82) is 0 Å². The van der Waals surface area contributed by atoms with Crippen molar-refractivity contribution in [2.75, 3.05) is 9.80 Å². The normalized spacial score (nSPS) is 11.0. The minimum atomic E-state index is 1.10. The molecule has 7 rings (SSSR count).